The molecule has 30 heavy (non-hydrogen) atoms. The van der Waals surface area contributed by atoms with Crippen LogP contribution in [-0.2, 0) is 4.79 Å². The highest BCUT2D eigenvalue weighted by Crippen LogP contribution is 2.29. The Labute approximate surface area is 176 Å². The number of hydrogen-bond donors (Lipinski definition) is 0. The van der Waals surface area contributed by atoms with Gasteiger partial charge < -0.3 is 19.4 Å². The number of thiazole rings is 1. The standard InChI is InChI=1S/C20H22F2N4O3S/c21-19(22)29-16-6-2-1-4-14(16)17(27)24-9-11-25(12-10-24)18(28)15-5-3-8-26(15)20-23-7-13-30-20/h1-2,4,6-7,13,15,19H,3,5,8-12H2. The van der Waals surface area contributed by atoms with Gasteiger partial charge in [0.25, 0.3) is 5.91 Å². The molecular formula is C20H22F2N4O3S. The fourth-order valence-electron chi connectivity index (χ4n) is 3.96. The van der Waals surface area contributed by atoms with Gasteiger partial charge in [-0.25, -0.2) is 4.98 Å². The first-order chi connectivity index (χ1) is 14.5. The van der Waals surface area contributed by atoms with E-state index >= 15 is 0 Å². The zero-order chi connectivity index (χ0) is 21.1. The summed E-state index contributed by atoms with van der Waals surface area (Å²) in [5.74, 6) is -0.457. The van der Waals surface area contributed by atoms with Gasteiger partial charge in [0.05, 0.1) is 5.56 Å². The van der Waals surface area contributed by atoms with Gasteiger partial charge in [0, 0.05) is 44.3 Å². The number of piperazine rings is 1. The summed E-state index contributed by atoms with van der Waals surface area (Å²) in [5.41, 5.74) is 0.100. The number of carbonyl (C=O) groups is 2. The highest BCUT2D eigenvalue weighted by molar-refractivity contribution is 7.13. The molecule has 1 atom stereocenters. The van der Waals surface area contributed by atoms with E-state index < -0.39 is 6.61 Å². The van der Waals surface area contributed by atoms with Crippen LogP contribution in [0.15, 0.2) is 35.8 Å². The first-order valence-corrected chi connectivity index (χ1v) is 10.7. The highest BCUT2D eigenvalue weighted by Gasteiger charge is 2.36. The summed E-state index contributed by atoms with van der Waals surface area (Å²) < 4.78 is 29.7. The monoisotopic (exact) mass is 436 g/mol. The molecule has 1 unspecified atom stereocenters. The summed E-state index contributed by atoms with van der Waals surface area (Å²) in [4.78, 5) is 35.6. The zero-order valence-electron chi connectivity index (χ0n) is 16.2. The van der Waals surface area contributed by atoms with E-state index in [9.17, 15) is 18.4 Å². The second-order valence-corrected chi connectivity index (χ2v) is 8.03. The quantitative estimate of drug-likeness (QED) is 0.721. The fourth-order valence-corrected chi connectivity index (χ4v) is 4.68. The molecule has 1 aromatic carbocycles. The Hall–Kier alpha value is -2.75. The van der Waals surface area contributed by atoms with Crippen molar-refractivity contribution >= 4 is 28.3 Å². The van der Waals surface area contributed by atoms with Crippen LogP contribution in [0.3, 0.4) is 0 Å². The van der Waals surface area contributed by atoms with Crippen LogP contribution in [0.1, 0.15) is 23.2 Å². The van der Waals surface area contributed by atoms with Crippen molar-refractivity contribution in [2.75, 3.05) is 37.6 Å². The summed E-state index contributed by atoms with van der Waals surface area (Å²) in [5, 5.41) is 2.75. The molecule has 7 nitrogen and oxygen atoms in total. The van der Waals surface area contributed by atoms with Crippen LogP contribution in [0.2, 0.25) is 0 Å². The van der Waals surface area contributed by atoms with Crippen molar-refractivity contribution < 1.29 is 23.1 Å². The van der Waals surface area contributed by atoms with Gasteiger partial charge in [0.2, 0.25) is 5.91 Å². The number of rotatable bonds is 5. The van der Waals surface area contributed by atoms with E-state index in [4.69, 9.17) is 0 Å². The average Bonchev–Trinajstić information content (AvgIpc) is 3.44. The number of anilines is 1. The Bertz CT molecular complexity index is 888. The number of benzene rings is 1. The molecule has 2 aliphatic rings. The first kappa shape index (κ1) is 20.5. The van der Waals surface area contributed by atoms with E-state index in [0.717, 1.165) is 24.5 Å². The van der Waals surface area contributed by atoms with Crippen molar-refractivity contribution in [2.45, 2.75) is 25.5 Å². The molecule has 2 saturated heterocycles. The van der Waals surface area contributed by atoms with Gasteiger partial charge in [-0.2, -0.15) is 8.78 Å². The van der Waals surface area contributed by atoms with Crippen molar-refractivity contribution in [3.63, 3.8) is 0 Å². The third kappa shape index (κ3) is 4.23. The lowest BCUT2D eigenvalue weighted by atomic mass is 10.1. The van der Waals surface area contributed by atoms with Gasteiger partial charge in [0.15, 0.2) is 5.13 Å². The minimum Gasteiger partial charge on any atom is -0.434 e. The third-order valence-corrected chi connectivity index (χ3v) is 6.22. The van der Waals surface area contributed by atoms with E-state index in [1.165, 1.54) is 23.5 Å². The molecule has 0 bridgehead atoms. The third-order valence-electron chi connectivity index (χ3n) is 5.41. The van der Waals surface area contributed by atoms with Crippen molar-refractivity contribution in [3.8, 4) is 5.75 Å². The topological polar surface area (TPSA) is 66.0 Å². The van der Waals surface area contributed by atoms with E-state index in [1.807, 2.05) is 5.38 Å². The van der Waals surface area contributed by atoms with Crippen molar-refractivity contribution in [1.82, 2.24) is 14.8 Å². The molecule has 2 aliphatic heterocycles. The maximum Gasteiger partial charge on any atom is 0.387 e. The Morgan fingerprint density at radius 3 is 2.53 bits per heavy atom. The van der Waals surface area contributed by atoms with Crippen molar-refractivity contribution in [1.29, 1.82) is 0 Å². The Balaban J connectivity index is 1.38. The molecule has 3 heterocycles. The molecule has 0 saturated carbocycles. The molecule has 2 fully saturated rings. The SMILES string of the molecule is O=C(c1ccccc1OC(F)F)N1CCN(C(=O)C2CCCN2c2nccs2)CC1. The molecule has 10 heteroatoms. The van der Waals surface area contributed by atoms with Crippen LogP contribution in [0.25, 0.3) is 0 Å². The Morgan fingerprint density at radius 2 is 1.83 bits per heavy atom. The number of hydrogen-bond acceptors (Lipinski definition) is 6. The normalized spacial score (nSPS) is 19.4. The number of para-hydroxylation sites is 1. The van der Waals surface area contributed by atoms with Gasteiger partial charge in [-0.1, -0.05) is 12.1 Å². The average molecular weight is 436 g/mol. The molecule has 2 amide bonds. The smallest absolute Gasteiger partial charge is 0.387 e. The molecule has 4 rings (SSSR count). The van der Waals surface area contributed by atoms with Gasteiger partial charge in [0.1, 0.15) is 11.8 Å². The van der Waals surface area contributed by atoms with Crippen LogP contribution < -0.4 is 9.64 Å². The zero-order valence-corrected chi connectivity index (χ0v) is 17.1. The Kier molecular flexibility index (Phi) is 6.12. The molecule has 0 N–H and O–H groups in total. The molecule has 160 valence electrons. The van der Waals surface area contributed by atoms with Gasteiger partial charge in [-0.05, 0) is 25.0 Å². The van der Waals surface area contributed by atoms with Crippen LogP contribution in [0, 0.1) is 0 Å². The summed E-state index contributed by atoms with van der Waals surface area (Å²) in [7, 11) is 0. The number of ether oxygens (including phenoxy) is 1. The fraction of sp³-hybridized carbons (Fsp3) is 0.450. The summed E-state index contributed by atoms with van der Waals surface area (Å²) in [6.07, 6.45) is 3.46. The predicted octanol–water partition coefficient (Wildman–Crippen LogP) is 2.70. The number of aromatic nitrogens is 1. The van der Waals surface area contributed by atoms with Crippen LogP contribution in [0.4, 0.5) is 13.9 Å². The molecule has 0 spiro atoms. The van der Waals surface area contributed by atoms with Crippen LogP contribution in [0.5, 0.6) is 5.75 Å². The van der Waals surface area contributed by atoms with E-state index in [2.05, 4.69) is 14.6 Å². The van der Waals surface area contributed by atoms with Gasteiger partial charge in [-0.15, -0.1) is 11.3 Å². The first-order valence-electron chi connectivity index (χ1n) is 9.82. The van der Waals surface area contributed by atoms with E-state index in [0.29, 0.717) is 26.2 Å². The maximum atomic E-state index is 13.1. The van der Waals surface area contributed by atoms with Crippen LogP contribution in [-0.4, -0.2) is 72.0 Å². The van der Waals surface area contributed by atoms with Crippen molar-refractivity contribution in [3.05, 3.63) is 41.4 Å². The van der Waals surface area contributed by atoms with E-state index in [-0.39, 0.29) is 29.2 Å². The molecule has 0 aliphatic carbocycles. The molecular weight excluding hydrogens is 414 g/mol. The lowest BCUT2D eigenvalue weighted by Crippen LogP contribution is -2.54. The van der Waals surface area contributed by atoms with Gasteiger partial charge in [-0.3, -0.25) is 9.59 Å². The number of nitrogens with zero attached hydrogens (tertiary/aromatic N) is 4. The predicted molar refractivity (Wildman–Crippen MR) is 108 cm³/mol. The number of amides is 2. The minimum absolute atomic E-state index is 0.0521. The molecule has 2 aromatic rings. The summed E-state index contributed by atoms with van der Waals surface area (Å²) >= 11 is 1.52. The minimum atomic E-state index is -3.00. The highest BCUT2D eigenvalue weighted by atomic mass is 32.1. The molecule has 0 radical (unpaired) electrons. The Morgan fingerprint density at radius 1 is 1.10 bits per heavy atom. The number of halogens is 2. The largest absolute Gasteiger partial charge is 0.434 e. The second kappa shape index (κ2) is 8.95. The summed E-state index contributed by atoms with van der Waals surface area (Å²) in [6.45, 7) is -0.686. The second-order valence-electron chi connectivity index (χ2n) is 7.16. The number of alkyl halides is 2. The molecule has 1 aromatic heterocycles. The summed E-state index contributed by atoms with van der Waals surface area (Å²) in [6, 6.07) is 5.76. The van der Waals surface area contributed by atoms with Gasteiger partial charge >= 0.3 is 6.61 Å². The van der Waals surface area contributed by atoms with Crippen LogP contribution >= 0.6 is 11.3 Å². The lowest BCUT2D eigenvalue weighted by molar-refractivity contribution is -0.133. The van der Waals surface area contributed by atoms with Crippen molar-refractivity contribution in [2.24, 2.45) is 0 Å². The van der Waals surface area contributed by atoms with E-state index in [1.54, 1.807) is 28.1 Å². The number of carbonyl (C=O) groups excluding carboxylic acids is 2. The maximum absolute atomic E-state index is 13.1. The lowest BCUT2D eigenvalue weighted by Gasteiger charge is -2.37.